The van der Waals surface area contributed by atoms with Crippen LogP contribution in [0, 0.1) is 11.8 Å². The van der Waals surface area contributed by atoms with Gasteiger partial charge in [-0.15, -0.1) is 0 Å². The van der Waals surface area contributed by atoms with Gasteiger partial charge in [-0.25, -0.2) is 0 Å². The van der Waals surface area contributed by atoms with E-state index in [0.29, 0.717) is 12.5 Å². The summed E-state index contributed by atoms with van der Waals surface area (Å²) in [6.45, 7) is 6.58. The molecule has 4 nitrogen and oxygen atoms in total. The number of benzene rings is 1. The van der Waals surface area contributed by atoms with E-state index in [4.69, 9.17) is 0 Å². The van der Waals surface area contributed by atoms with E-state index in [1.54, 1.807) is 4.90 Å². The van der Waals surface area contributed by atoms with Crippen molar-refractivity contribution >= 4 is 33.4 Å². The maximum absolute atomic E-state index is 12.2. The number of rotatable bonds is 4. The number of hydrogen-bond acceptors (Lipinski definition) is 2. The number of carbonyl (C=O) groups excluding carboxylic acids is 2. The van der Waals surface area contributed by atoms with Gasteiger partial charge in [-0.3, -0.25) is 9.59 Å². The molecule has 5 heteroatoms. The molecule has 0 aromatic heterocycles. The molecule has 2 atom stereocenters. The summed E-state index contributed by atoms with van der Waals surface area (Å²) < 4.78 is 0.970. The molecule has 1 fully saturated rings. The highest BCUT2D eigenvalue weighted by Gasteiger charge is 2.35. The van der Waals surface area contributed by atoms with Gasteiger partial charge < -0.3 is 10.2 Å². The largest absolute Gasteiger partial charge is 0.353 e. The molecule has 0 saturated carbocycles. The van der Waals surface area contributed by atoms with Crippen molar-refractivity contribution in [2.75, 3.05) is 11.4 Å². The third-order valence-electron chi connectivity index (χ3n) is 4.00. The predicted octanol–water partition coefficient (Wildman–Crippen LogP) is 2.96. The van der Waals surface area contributed by atoms with Gasteiger partial charge in [0.05, 0.1) is 5.92 Å². The van der Waals surface area contributed by atoms with Crippen LogP contribution in [0.3, 0.4) is 0 Å². The fourth-order valence-electron chi connectivity index (χ4n) is 2.26. The van der Waals surface area contributed by atoms with Crippen LogP contribution in [0.4, 0.5) is 5.69 Å². The molecular weight excluding hydrogens is 332 g/mol. The summed E-state index contributed by atoms with van der Waals surface area (Å²) >= 11 is 3.38. The zero-order valence-electron chi connectivity index (χ0n) is 12.6. The molecule has 0 radical (unpaired) electrons. The maximum Gasteiger partial charge on any atom is 0.227 e. The number of hydrogen-bond donors (Lipinski definition) is 1. The van der Waals surface area contributed by atoms with Gasteiger partial charge in [0.1, 0.15) is 0 Å². The predicted molar refractivity (Wildman–Crippen MR) is 87.0 cm³/mol. The van der Waals surface area contributed by atoms with E-state index in [2.05, 4.69) is 35.1 Å². The Hall–Kier alpha value is -1.36. The van der Waals surface area contributed by atoms with Crippen molar-refractivity contribution in [1.29, 1.82) is 0 Å². The van der Waals surface area contributed by atoms with E-state index >= 15 is 0 Å². The average molecular weight is 353 g/mol. The van der Waals surface area contributed by atoms with Crippen LogP contribution in [0.25, 0.3) is 0 Å². The fourth-order valence-corrected chi connectivity index (χ4v) is 2.53. The van der Waals surface area contributed by atoms with Gasteiger partial charge in [0.2, 0.25) is 11.8 Å². The van der Waals surface area contributed by atoms with E-state index in [1.165, 1.54) is 0 Å². The average Bonchev–Trinajstić information content (AvgIpc) is 2.81. The molecule has 2 rings (SSSR count). The standard InChI is InChI=1S/C16H21BrN2O2/c1-10(2)11(3)18-16(21)12-8-15(20)19(9-12)14-6-4-13(17)5-7-14/h4-7,10-12H,8-9H2,1-3H3,(H,18,21). The highest BCUT2D eigenvalue weighted by atomic mass is 79.9. The van der Waals surface area contributed by atoms with Crippen LogP contribution >= 0.6 is 15.9 Å². The second kappa shape index (κ2) is 6.60. The van der Waals surface area contributed by atoms with Crippen LogP contribution in [-0.2, 0) is 9.59 Å². The molecule has 114 valence electrons. The first-order chi connectivity index (χ1) is 9.88. The Bertz CT molecular complexity index is 528. The highest BCUT2D eigenvalue weighted by Crippen LogP contribution is 2.26. The third-order valence-corrected chi connectivity index (χ3v) is 4.53. The molecule has 0 aliphatic carbocycles. The monoisotopic (exact) mass is 352 g/mol. The van der Waals surface area contributed by atoms with E-state index in [9.17, 15) is 9.59 Å². The molecule has 0 bridgehead atoms. The summed E-state index contributed by atoms with van der Waals surface area (Å²) in [5.74, 6) is 0.106. The van der Waals surface area contributed by atoms with Gasteiger partial charge in [-0.1, -0.05) is 29.8 Å². The summed E-state index contributed by atoms with van der Waals surface area (Å²) in [5.41, 5.74) is 0.843. The highest BCUT2D eigenvalue weighted by molar-refractivity contribution is 9.10. The molecule has 1 aromatic rings. The zero-order chi connectivity index (χ0) is 15.6. The summed E-state index contributed by atoms with van der Waals surface area (Å²) in [7, 11) is 0. The van der Waals surface area contributed by atoms with Crippen molar-refractivity contribution in [3.63, 3.8) is 0 Å². The second-order valence-electron chi connectivity index (χ2n) is 5.92. The molecule has 1 aliphatic heterocycles. The number of amides is 2. The van der Waals surface area contributed by atoms with Gasteiger partial charge in [0.25, 0.3) is 0 Å². The summed E-state index contributed by atoms with van der Waals surface area (Å²) in [5, 5.41) is 3.00. The normalized spacial score (nSPS) is 20.0. The van der Waals surface area contributed by atoms with Crippen molar-refractivity contribution < 1.29 is 9.59 Å². The number of anilines is 1. The fraction of sp³-hybridized carbons (Fsp3) is 0.500. The lowest BCUT2D eigenvalue weighted by atomic mass is 10.0. The first kappa shape index (κ1) is 16.0. The SMILES string of the molecule is CC(C)C(C)NC(=O)C1CC(=O)N(c2ccc(Br)cc2)C1. The Labute approximate surface area is 134 Å². The first-order valence-electron chi connectivity index (χ1n) is 7.24. The van der Waals surface area contributed by atoms with Gasteiger partial charge in [-0.05, 0) is 37.1 Å². The van der Waals surface area contributed by atoms with Gasteiger partial charge in [0.15, 0.2) is 0 Å². The zero-order valence-corrected chi connectivity index (χ0v) is 14.2. The first-order valence-corrected chi connectivity index (χ1v) is 8.04. The van der Waals surface area contributed by atoms with Crippen LogP contribution in [0.15, 0.2) is 28.7 Å². The quantitative estimate of drug-likeness (QED) is 0.905. The lowest BCUT2D eigenvalue weighted by Crippen LogP contribution is -2.40. The smallest absolute Gasteiger partial charge is 0.227 e. The van der Waals surface area contributed by atoms with Gasteiger partial charge in [0, 0.05) is 29.2 Å². The third kappa shape index (κ3) is 3.84. The number of carbonyl (C=O) groups is 2. The maximum atomic E-state index is 12.2. The molecular formula is C16H21BrN2O2. The van der Waals surface area contributed by atoms with Crippen LogP contribution in [0.2, 0.25) is 0 Å². The van der Waals surface area contributed by atoms with E-state index in [-0.39, 0.29) is 30.2 Å². The lowest BCUT2D eigenvalue weighted by molar-refractivity contribution is -0.127. The van der Waals surface area contributed by atoms with E-state index in [1.807, 2.05) is 31.2 Å². The van der Waals surface area contributed by atoms with Crippen LogP contribution < -0.4 is 10.2 Å². The van der Waals surface area contributed by atoms with Gasteiger partial charge in [-0.2, -0.15) is 0 Å². The van der Waals surface area contributed by atoms with Crippen LogP contribution in [0.5, 0.6) is 0 Å². The number of nitrogens with one attached hydrogen (secondary N) is 1. The molecule has 0 spiro atoms. The minimum Gasteiger partial charge on any atom is -0.353 e. The Balaban J connectivity index is 2.02. The molecule has 2 unspecified atom stereocenters. The van der Waals surface area contributed by atoms with Crippen molar-refractivity contribution in [3.05, 3.63) is 28.7 Å². The number of nitrogens with zero attached hydrogens (tertiary/aromatic N) is 1. The number of halogens is 1. The molecule has 1 aromatic carbocycles. The molecule has 1 aliphatic rings. The van der Waals surface area contributed by atoms with Crippen molar-refractivity contribution in [2.45, 2.75) is 33.2 Å². The molecule has 1 heterocycles. The lowest BCUT2D eigenvalue weighted by Gasteiger charge is -2.20. The Kier molecular flexibility index (Phi) is 5.04. The Morgan fingerprint density at radius 3 is 2.48 bits per heavy atom. The van der Waals surface area contributed by atoms with Gasteiger partial charge >= 0.3 is 0 Å². The van der Waals surface area contributed by atoms with Crippen LogP contribution in [-0.4, -0.2) is 24.4 Å². The molecule has 1 N–H and O–H groups in total. The topological polar surface area (TPSA) is 49.4 Å². The van der Waals surface area contributed by atoms with Crippen molar-refractivity contribution in [2.24, 2.45) is 11.8 Å². The van der Waals surface area contributed by atoms with E-state index < -0.39 is 0 Å². The minimum absolute atomic E-state index is 0.00896. The molecule has 1 saturated heterocycles. The Morgan fingerprint density at radius 1 is 1.29 bits per heavy atom. The summed E-state index contributed by atoms with van der Waals surface area (Å²) in [6, 6.07) is 7.69. The van der Waals surface area contributed by atoms with Crippen molar-refractivity contribution in [3.8, 4) is 0 Å². The summed E-state index contributed by atoms with van der Waals surface area (Å²) in [6.07, 6.45) is 0.284. The summed E-state index contributed by atoms with van der Waals surface area (Å²) in [4.78, 5) is 26.1. The van der Waals surface area contributed by atoms with Crippen LogP contribution in [0.1, 0.15) is 27.2 Å². The second-order valence-corrected chi connectivity index (χ2v) is 6.84. The Morgan fingerprint density at radius 2 is 1.90 bits per heavy atom. The molecule has 2 amide bonds. The van der Waals surface area contributed by atoms with Crippen molar-refractivity contribution in [1.82, 2.24) is 5.32 Å². The minimum atomic E-state index is -0.262. The van der Waals surface area contributed by atoms with E-state index in [0.717, 1.165) is 10.2 Å². The molecule has 21 heavy (non-hydrogen) atoms.